The Labute approximate surface area is 140 Å². The van der Waals surface area contributed by atoms with Gasteiger partial charge >= 0.3 is 0 Å². The Morgan fingerprint density at radius 3 is 2.71 bits per heavy atom. The zero-order valence-corrected chi connectivity index (χ0v) is 13.7. The monoisotopic (exact) mass is 326 g/mol. The van der Waals surface area contributed by atoms with Crippen LogP contribution >= 0.6 is 0 Å². The van der Waals surface area contributed by atoms with E-state index in [-0.39, 0.29) is 29.1 Å². The third kappa shape index (κ3) is 3.23. The summed E-state index contributed by atoms with van der Waals surface area (Å²) in [6.45, 7) is 2.56. The highest BCUT2D eigenvalue weighted by Crippen LogP contribution is 2.21. The van der Waals surface area contributed by atoms with E-state index in [1.165, 1.54) is 0 Å². The van der Waals surface area contributed by atoms with Crippen LogP contribution in [0.4, 0.5) is 0 Å². The van der Waals surface area contributed by atoms with Gasteiger partial charge in [0.1, 0.15) is 5.56 Å². The molecule has 0 radical (unpaired) electrons. The molecule has 0 bridgehead atoms. The number of nitrogens with zero attached hydrogens (tertiary/aromatic N) is 2. The fourth-order valence-corrected chi connectivity index (χ4v) is 3.25. The number of hydrogen-bond acceptors (Lipinski definition) is 4. The van der Waals surface area contributed by atoms with Crippen LogP contribution in [0.2, 0.25) is 0 Å². The smallest absolute Gasteiger partial charge is 0.261 e. The maximum absolute atomic E-state index is 12.8. The van der Waals surface area contributed by atoms with Crippen LogP contribution in [0.15, 0.2) is 41.5 Å². The van der Waals surface area contributed by atoms with Crippen molar-refractivity contribution in [1.29, 1.82) is 0 Å². The topological polar surface area (TPSA) is 92.1 Å². The summed E-state index contributed by atoms with van der Waals surface area (Å²) in [5.41, 5.74) is 7.34. The lowest BCUT2D eigenvalue weighted by molar-refractivity contribution is 0.0582. The number of likely N-dealkylation sites (tertiary alicyclic amines) is 1. The first-order valence-electron chi connectivity index (χ1n) is 8.28. The first-order valence-corrected chi connectivity index (χ1v) is 8.28. The number of hydrogen-bond donors (Lipinski definition) is 2. The van der Waals surface area contributed by atoms with Crippen LogP contribution in [0.5, 0.6) is 0 Å². The van der Waals surface area contributed by atoms with Crippen molar-refractivity contribution < 1.29 is 4.79 Å². The highest BCUT2D eigenvalue weighted by molar-refractivity contribution is 5.94. The minimum Gasteiger partial charge on any atom is -0.334 e. The molecule has 1 aliphatic heterocycles. The van der Waals surface area contributed by atoms with Crippen molar-refractivity contribution in [2.75, 3.05) is 6.54 Å². The maximum atomic E-state index is 12.8. The molecule has 0 saturated carbocycles. The van der Waals surface area contributed by atoms with Crippen LogP contribution in [0, 0.1) is 0 Å². The summed E-state index contributed by atoms with van der Waals surface area (Å²) < 4.78 is 0. The van der Waals surface area contributed by atoms with Crippen LogP contribution in [-0.2, 0) is 0 Å². The Hall–Kier alpha value is -2.47. The van der Waals surface area contributed by atoms with Gasteiger partial charge in [-0.3, -0.25) is 14.6 Å². The second kappa shape index (κ2) is 6.97. The van der Waals surface area contributed by atoms with Crippen molar-refractivity contribution in [1.82, 2.24) is 14.9 Å². The quantitative estimate of drug-likeness (QED) is 0.899. The predicted molar refractivity (Wildman–Crippen MR) is 92.6 cm³/mol. The van der Waals surface area contributed by atoms with E-state index in [0.717, 1.165) is 24.8 Å². The molecule has 1 aliphatic rings. The average Bonchev–Trinajstić information content (AvgIpc) is 2.62. The van der Waals surface area contributed by atoms with E-state index < -0.39 is 0 Å². The molecule has 0 aromatic carbocycles. The van der Waals surface area contributed by atoms with Gasteiger partial charge in [0.2, 0.25) is 0 Å². The fraction of sp³-hybridized carbons (Fsp3) is 0.389. The second-order valence-corrected chi connectivity index (χ2v) is 6.27. The molecule has 2 aromatic heterocycles. The van der Waals surface area contributed by atoms with Gasteiger partial charge < -0.3 is 15.6 Å². The summed E-state index contributed by atoms with van der Waals surface area (Å²) in [7, 11) is 0. The lowest BCUT2D eigenvalue weighted by atomic mass is 9.96. The second-order valence-electron chi connectivity index (χ2n) is 6.27. The molecule has 2 atom stereocenters. The summed E-state index contributed by atoms with van der Waals surface area (Å²) in [5, 5.41) is 0. The molecule has 2 aromatic rings. The molecule has 0 aliphatic carbocycles. The molecular weight excluding hydrogens is 304 g/mol. The standard InChI is InChI=1S/C18H22N4O2/c1-12(19)16-4-2-3-11-22(16)18(24)14-5-6-15(21-17(14)23)13-7-9-20-10-8-13/h5-10,12,16H,2-4,11,19H2,1H3,(H,21,23). The number of pyridine rings is 2. The molecule has 1 saturated heterocycles. The predicted octanol–water partition coefficient (Wildman–Crippen LogP) is 1.78. The molecule has 6 heteroatoms. The highest BCUT2D eigenvalue weighted by Gasteiger charge is 2.30. The van der Waals surface area contributed by atoms with Gasteiger partial charge in [-0.25, -0.2) is 0 Å². The van der Waals surface area contributed by atoms with E-state index in [2.05, 4.69) is 9.97 Å². The van der Waals surface area contributed by atoms with E-state index in [1.54, 1.807) is 29.4 Å². The molecule has 1 fully saturated rings. The summed E-state index contributed by atoms with van der Waals surface area (Å²) in [6.07, 6.45) is 6.22. The average molecular weight is 326 g/mol. The van der Waals surface area contributed by atoms with E-state index in [1.807, 2.05) is 19.1 Å². The molecule has 3 N–H and O–H groups in total. The Bertz CT molecular complexity index is 770. The third-order valence-electron chi connectivity index (χ3n) is 4.55. The number of H-pyrrole nitrogens is 1. The Kier molecular flexibility index (Phi) is 4.76. The van der Waals surface area contributed by atoms with E-state index >= 15 is 0 Å². The minimum atomic E-state index is -0.372. The van der Waals surface area contributed by atoms with Crippen molar-refractivity contribution in [3.63, 3.8) is 0 Å². The van der Waals surface area contributed by atoms with Crippen molar-refractivity contribution in [2.45, 2.75) is 38.3 Å². The normalized spacial score (nSPS) is 19.1. The largest absolute Gasteiger partial charge is 0.334 e. The number of nitrogens with two attached hydrogens (primary N) is 1. The number of carbonyl (C=O) groups excluding carboxylic acids is 1. The number of nitrogens with one attached hydrogen (secondary N) is 1. The molecule has 1 amide bonds. The van der Waals surface area contributed by atoms with Gasteiger partial charge in [-0.2, -0.15) is 0 Å². The summed E-state index contributed by atoms with van der Waals surface area (Å²) >= 11 is 0. The molecular formula is C18H22N4O2. The Morgan fingerprint density at radius 1 is 1.29 bits per heavy atom. The fourth-order valence-electron chi connectivity index (χ4n) is 3.25. The summed E-state index contributed by atoms with van der Waals surface area (Å²) in [6, 6.07) is 6.86. The Morgan fingerprint density at radius 2 is 2.04 bits per heavy atom. The molecule has 3 rings (SSSR count). The third-order valence-corrected chi connectivity index (χ3v) is 4.55. The lowest BCUT2D eigenvalue weighted by Gasteiger charge is -2.38. The number of carbonyl (C=O) groups is 1. The van der Waals surface area contributed by atoms with Crippen LogP contribution in [0.1, 0.15) is 36.5 Å². The van der Waals surface area contributed by atoms with Gasteiger partial charge in [-0.05, 0) is 50.5 Å². The van der Waals surface area contributed by atoms with Gasteiger partial charge in [0, 0.05) is 42.3 Å². The summed E-state index contributed by atoms with van der Waals surface area (Å²) in [5.74, 6) is -0.237. The molecule has 6 nitrogen and oxygen atoms in total. The van der Waals surface area contributed by atoms with Gasteiger partial charge in [0.05, 0.1) is 0 Å². The molecule has 2 unspecified atom stereocenters. The maximum Gasteiger partial charge on any atom is 0.261 e. The van der Waals surface area contributed by atoms with E-state index in [9.17, 15) is 9.59 Å². The van der Waals surface area contributed by atoms with Crippen molar-refractivity contribution in [2.24, 2.45) is 5.73 Å². The van der Waals surface area contributed by atoms with Gasteiger partial charge in [0.15, 0.2) is 0 Å². The van der Waals surface area contributed by atoms with Crippen molar-refractivity contribution in [3.05, 3.63) is 52.6 Å². The summed E-state index contributed by atoms with van der Waals surface area (Å²) in [4.78, 5) is 33.8. The van der Waals surface area contributed by atoms with E-state index in [0.29, 0.717) is 12.2 Å². The molecule has 0 spiro atoms. The Balaban J connectivity index is 1.89. The van der Waals surface area contributed by atoms with Crippen molar-refractivity contribution >= 4 is 5.91 Å². The van der Waals surface area contributed by atoms with E-state index in [4.69, 9.17) is 5.73 Å². The van der Waals surface area contributed by atoms with Gasteiger partial charge in [0.25, 0.3) is 11.5 Å². The van der Waals surface area contributed by atoms with Crippen LogP contribution in [0.3, 0.4) is 0 Å². The highest BCUT2D eigenvalue weighted by atomic mass is 16.2. The lowest BCUT2D eigenvalue weighted by Crippen LogP contribution is -2.52. The van der Waals surface area contributed by atoms with Gasteiger partial charge in [-0.1, -0.05) is 0 Å². The first-order chi connectivity index (χ1) is 11.6. The first kappa shape index (κ1) is 16.4. The van der Waals surface area contributed by atoms with Gasteiger partial charge in [-0.15, -0.1) is 0 Å². The SMILES string of the molecule is CC(N)C1CCCCN1C(=O)c1ccc(-c2ccncc2)[nH]c1=O. The van der Waals surface area contributed by atoms with Crippen LogP contribution in [-0.4, -0.2) is 39.4 Å². The number of rotatable bonds is 3. The molecule has 24 heavy (non-hydrogen) atoms. The minimum absolute atomic E-state index is 0.00877. The number of amides is 1. The van der Waals surface area contributed by atoms with Crippen LogP contribution < -0.4 is 11.3 Å². The van der Waals surface area contributed by atoms with Crippen LogP contribution in [0.25, 0.3) is 11.3 Å². The van der Waals surface area contributed by atoms with Crippen molar-refractivity contribution in [3.8, 4) is 11.3 Å². The zero-order valence-electron chi connectivity index (χ0n) is 13.7. The number of aromatic amines is 1. The molecule has 3 heterocycles. The number of aromatic nitrogens is 2. The zero-order chi connectivity index (χ0) is 17.1. The number of piperidine rings is 1. The molecule has 126 valence electrons.